The zero-order valence-corrected chi connectivity index (χ0v) is 16.7. The molecule has 0 spiro atoms. The number of aromatic nitrogens is 2. The lowest BCUT2D eigenvalue weighted by Crippen LogP contribution is -2.40. The van der Waals surface area contributed by atoms with Gasteiger partial charge in [0.05, 0.1) is 19.3 Å². The summed E-state index contributed by atoms with van der Waals surface area (Å²) in [5.41, 5.74) is 2.47. The van der Waals surface area contributed by atoms with Crippen LogP contribution >= 0.6 is 0 Å². The van der Waals surface area contributed by atoms with E-state index in [2.05, 4.69) is 81.9 Å². The van der Waals surface area contributed by atoms with Gasteiger partial charge in [-0.05, 0) is 28.0 Å². The van der Waals surface area contributed by atoms with Crippen molar-refractivity contribution in [2.24, 2.45) is 0 Å². The van der Waals surface area contributed by atoms with E-state index in [1.807, 2.05) is 18.3 Å². The minimum absolute atomic E-state index is 0.153. The van der Waals surface area contributed by atoms with E-state index in [0.717, 1.165) is 12.4 Å². The second-order valence-corrected chi connectivity index (χ2v) is 7.43. The number of anilines is 2. The molecule has 0 amide bonds. The van der Waals surface area contributed by atoms with Crippen LogP contribution in [0, 0.1) is 0 Å². The highest BCUT2D eigenvalue weighted by Crippen LogP contribution is 2.29. The maximum Gasteiger partial charge on any atom is 0.224 e. The SMILES string of the molecule is c1ccc([C@H]2COCCN2c2ccnc(NCc3cccc4ccccc34)n2)cc1. The summed E-state index contributed by atoms with van der Waals surface area (Å²) in [4.78, 5) is 11.6. The molecule has 30 heavy (non-hydrogen) atoms. The van der Waals surface area contributed by atoms with E-state index in [1.165, 1.54) is 21.9 Å². The number of nitrogens with one attached hydrogen (secondary N) is 1. The molecule has 2 heterocycles. The first-order chi connectivity index (χ1) is 14.9. The lowest BCUT2D eigenvalue weighted by atomic mass is 10.0. The summed E-state index contributed by atoms with van der Waals surface area (Å²) in [6.07, 6.45) is 1.82. The summed E-state index contributed by atoms with van der Waals surface area (Å²) in [6.45, 7) is 2.84. The fourth-order valence-electron chi connectivity index (χ4n) is 4.04. The predicted molar refractivity (Wildman–Crippen MR) is 121 cm³/mol. The van der Waals surface area contributed by atoms with Gasteiger partial charge < -0.3 is 15.0 Å². The van der Waals surface area contributed by atoms with Gasteiger partial charge in [-0.3, -0.25) is 0 Å². The van der Waals surface area contributed by atoms with Crippen LogP contribution in [0.2, 0.25) is 0 Å². The number of hydrogen-bond donors (Lipinski definition) is 1. The third-order valence-corrected chi connectivity index (χ3v) is 5.56. The molecular formula is C25H24N4O. The number of benzene rings is 3. The Morgan fingerprint density at radius 3 is 2.70 bits per heavy atom. The van der Waals surface area contributed by atoms with Gasteiger partial charge in [0.1, 0.15) is 5.82 Å². The van der Waals surface area contributed by atoms with Gasteiger partial charge in [-0.2, -0.15) is 4.98 Å². The van der Waals surface area contributed by atoms with E-state index in [1.54, 1.807) is 0 Å². The zero-order chi connectivity index (χ0) is 20.2. The quantitative estimate of drug-likeness (QED) is 0.524. The third-order valence-electron chi connectivity index (χ3n) is 5.56. The van der Waals surface area contributed by atoms with E-state index < -0.39 is 0 Å². The van der Waals surface area contributed by atoms with Crippen LogP contribution in [0.25, 0.3) is 10.8 Å². The number of nitrogens with zero attached hydrogens (tertiary/aromatic N) is 3. The molecule has 0 aliphatic carbocycles. The summed E-state index contributed by atoms with van der Waals surface area (Å²) in [5.74, 6) is 1.56. The van der Waals surface area contributed by atoms with Gasteiger partial charge in [-0.1, -0.05) is 72.8 Å². The van der Waals surface area contributed by atoms with Crippen LogP contribution in [0.1, 0.15) is 17.2 Å². The topological polar surface area (TPSA) is 50.3 Å². The smallest absolute Gasteiger partial charge is 0.224 e. The molecule has 1 aliphatic rings. The van der Waals surface area contributed by atoms with Gasteiger partial charge in [0.25, 0.3) is 0 Å². The van der Waals surface area contributed by atoms with Crippen molar-refractivity contribution in [1.82, 2.24) is 9.97 Å². The largest absolute Gasteiger partial charge is 0.377 e. The molecule has 5 heteroatoms. The highest BCUT2D eigenvalue weighted by molar-refractivity contribution is 5.85. The number of hydrogen-bond acceptors (Lipinski definition) is 5. The molecule has 1 saturated heterocycles. The zero-order valence-electron chi connectivity index (χ0n) is 16.7. The van der Waals surface area contributed by atoms with Gasteiger partial charge in [0.2, 0.25) is 5.95 Å². The molecular weight excluding hydrogens is 372 g/mol. The molecule has 3 aromatic carbocycles. The average Bonchev–Trinajstić information content (AvgIpc) is 2.83. The van der Waals surface area contributed by atoms with Crippen molar-refractivity contribution in [3.05, 3.63) is 96.2 Å². The molecule has 0 unspecified atom stereocenters. The van der Waals surface area contributed by atoms with Gasteiger partial charge in [-0.25, -0.2) is 4.98 Å². The van der Waals surface area contributed by atoms with Crippen molar-refractivity contribution in [1.29, 1.82) is 0 Å². The van der Waals surface area contributed by atoms with E-state index in [4.69, 9.17) is 9.72 Å². The molecule has 1 aromatic heterocycles. The Balaban J connectivity index is 1.37. The van der Waals surface area contributed by atoms with Crippen LogP contribution in [0.15, 0.2) is 85.1 Å². The number of fused-ring (bicyclic) bond motifs is 1. The van der Waals surface area contributed by atoms with E-state index >= 15 is 0 Å². The van der Waals surface area contributed by atoms with Crippen molar-refractivity contribution in [2.75, 3.05) is 30.0 Å². The molecule has 0 saturated carbocycles. The second kappa shape index (κ2) is 8.51. The Bertz CT molecular complexity index is 1130. The maximum absolute atomic E-state index is 5.76. The Labute approximate surface area is 176 Å². The first-order valence-electron chi connectivity index (χ1n) is 10.3. The van der Waals surface area contributed by atoms with E-state index in [0.29, 0.717) is 25.7 Å². The van der Waals surface area contributed by atoms with Crippen molar-refractivity contribution in [2.45, 2.75) is 12.6 Å². The Morgan fingerprint density at radius 1 is 0.933 bits per heavy atom. The Kier molecular flexibility index (Phi) is 5.27. The van der Waals surface area contributed by atoms with Gasteiger partial charge in [0, 0.05) is 19.3 Å². The standard InChI is InChI=1S/C25H24N4O/c1-2-8-20(9-3-1)23-18-30-16-15-29(23)24-13-14-26-25(28-24)27-17-21-11-6-10-19-7-4-5-12-22(19)21/h1-14,23H,15-18H2,(H,26,27,28)/t23-/m1/s1. The van der Waals surface area contributed by atoms with Crippen LogP contribution in [-0.4, -0.2) is 29.7 Å². The average molecular weight is 396 g/mol. The van der Waals surface area contributed by atoms with Crippen molar-refractivity contribution in [3.8, 4) is 0 Å². The van der Waals surface area contributed by atoms with Gasteiger partial charge >= 0.3 is 0 Å². The summed E-state index contributed by atoms with van der Waals surface area (Å²) in [7, 11) is 0. The van der Waals surface area contributed by atoms with Crippen molar-refractivity contribution < 1.29 is 4.74 Å². The third kappa shape index (κ3) is 3.84. The predicted octanol–water partition coefficient (Wildman–Crippen LogP) is 4.82. The van der Waals surface area contributed by atoms with Crippen LogP contribution in [0.3, 0.4) is 0 Å². The number of morpholine rings is 1. The lowest BCUT2D eigenvalue weighted by molar-refractivity contribution is 0.0937. The van der Waals surface area contributed by atoms with Crippen LogP contribution in [-0.2, 0) is 11.3 Å². The van der Waals surface area contributed by atoms with E-state index in [9.17, 15) is 0 Å². The van der Waals surface area contributed by atoms with Gasteiger partial charge in [0.15, 0.2) is 0 Å². The molecule has 1 N–H and O–H groups in total. The van der Waals surface area contributed by atoms with Crippen LogP contribution in [0.5, 0.6) is 0 Å². The first-order valence-corrected chi connectivity index (χ1v) is 10.3. The highest BCUT2D eigenvalue weighted by atomic mass is 16.5. The fourth-order valence-corrected chi connectivity index (χ4v) is 4.04. The molecule has 0 radical (unpaired) electrons. The minimum Gasteiger partial charge on any atom is -0.377 e. The Hall–Kier alpha value is -3.44. The minimum atomic E-state index is 0.153. The molecule has 5 rings (SSSR count). The van der Waals surface area contributed by atoms with Crippen LogP contribution in [0.4, 0.5) is 11.8 Å². The van der Waals surface area contributed by atoms with Crippen molar-refractivity contribution >= 4 is 22.5 Å². The summed E-state index contributed by atoms with van der Waals surface area (Å²) in [5, 5.41) is 5.90. The summed E-state index contributed by atoms with van der Waals surface area (Å²) >= 11 is 0. The fraction of sp³-hybridized carbons (Fsp3) is 0.200. The first kappa shape index (κ1) is 18.6. The summed E-state index contributed by atoms with van der Waals surface area (Å²) in [6, 6.07) is 27.4. The molecule has 4 aromatic rings. The lowest BCUT2D eigenvalue weighted by Gasteiger charge is -2.36. The van der Waals surface area contributed by atoms with Gasteiger partial charge in [-0.15, -0.1) is 0 Å². The van der Waals surface area contributed by atoms with Crippen LogP contribution < -0.4 is 10.2 Å². The molecule has 1 atom stereocenters. The molecule has 5 nitrogen and oxygen atoms in total. The maximum atomic E-state index is 5.76. The molecule has 150 valence electrons. The monoisotopic (exact) mass is 396 g/mol. The Morgan fingerprint density at radius 2 is 1.77 bits per heavy atom. The normalized spacial score (nSPS) is 16.5. The number of ether oxygens (including phenoxy) is 1. The number of rotatable bonds is 5. The highest BCUT2D eigenvalue weighted by Gasteiger charge is 2.25. The molecule has 0 bridgehead atoms. The second-order valence-electron chi connectivity index (χ2n) is 7.43. The molecule has 1 fully saturated rings. The van der Waals surface area contributed by atoms with Crippen molar-refractivity contribution in [3.63, 3.8) is 0 Å². The molecule has 1 aliphatic heterocycles. The van der Waals surface area contributed by atoms with E-state index in [-0.39, 0.29) is 6.04 Å². The summed E-state index contributed by atoms with van der Waals surface area (Å²) < 4.78 is 5.76.